The Kier molecular flexibility index (Phi) is 6.48. The smallest absolute Gasteiger partial charge is 0.262 e. The van der Waals surface area contributed by atoms with E-state index in [9.17, 15) is 9.59 Å². The number of aromatic nitrogens is 2. The summed E-state index contributed by atoms with van der Waals surface area (Å²) >= 11 is 1.28. The number of nitrogens with one attached hydrogen (secondary N) is 1. The molecule has 0 unspecified atom stereocenters. The van der Waals surface area contributed by atoms with E-state index in [1.807, 2.05) is 79.7 Å². The number of nitrogens with zero attached hydrogens (tertiary/aromatic N) is 2. The fraction of sp³-hybridized carbons (Fsp3) is 0.160. The molecule has 1 heterocycles. The van der Waals surface area contributed by atoms with E-state index in [1.54, 1.807) is 10.6 Å². The summed E-state index contributed by atoms with van der Waals surface area (Å²) < 4.78 is 1.65. The third-order valence-electron chi connectivity index (χ3n) is 4.95. The van der Waals surface area contributed by atoms with Gasteiger partial charge in [0.05, 0.1) is 23.2 Å². The lowest BCUT2D eigenvalue weighted by Crippen LogP contribution is -2.27. The molecule has 0 bridgehead atoms. The van der Waals surface area contributed by atoms with Crippen LogP contribution < -0.4 is 10.9 Å². The minimum absolute atomic E-state index is 0.0979. The Hall–Kier alpha value is -3.38. The van der Waals surface area contributed by atoms with Crippen LogP contribution in [0.25, 0.3) is 10.9 Å². The first-order valence-corrected chi connectivity index (χ1v) is 11.1. The summed E-state index contributed by atoms with van der Waals surface area (Å²) in [6.45, 7) is 2.91. The molecule has 0 aliphatic heterocycles. The Morgan fingerprint density at radius 1 is 0.935 bits per heavy atom. The van der Waals surface area contributed by atoms with Gasteiger partial charge in [-0.15, -0.1) is 0 Å². The van der Waals surface area contributed by atoms with E-state index in [1.165, 1.54) is 17.3 Å². The highest BCUT2D eigenvalue weighted by atomic mass is 32.2. The van der Waals surface area contributed by atoms with Gasteiger partial charge in [-0.05, 0) is 30.2 Å². The van der Waals surface area contributed by atoms with Crippen molar-refractivity contribution >= 4 is 28.6 Å². The van der Waals surface area contributed by atoms with Gasteiger partial charge in [0.2, 0.25) is 5.91 Å². The van der Waals surface area contributed by atoms with Crippen molar-refractivity contribution in [3.8, 4) is 0 Å². The van der Waals surface area contributed by atoms with Gasteiger partial charge in [-0.25, -0.2) is 4.98 Å². The minimum atomic E-state index is -0.1000. The number of carbonyl (C=O) groups excluding carboxylic acids is 1. The Labute approximate surface area is 185 Å². The topological polar surface area (TPSA) is 64.0 Å². The zero-order valence-electron chi connectivity index (χ0n) is 17.2. The van der Waals surface area contributed by atoms with Crippen molar-refractivity contribution in [1.82, 2.24) is 14.9 Å². The SMILES string of the molecule is Cc1ccc(CNC(=O)CSc2nc3ccccc3c(=O)n2Cc2ccccc2)cc1. The Bertz CT molecular complexity index is 1250. The Morgan fingerprint density at radius 3 is 2.42 bits per heavy atom. The average Bonchev–Trinajstić information content (AvgIpc) is 2.80. The summed E-state index contributed by atoms with van der Waals surface area (Å²) in [7, 11) is 0. The maximum Gasteiger partial charge on any atom is 0.262 e. The summed E-state index contributed by atoms with van der Waals surface area (Å²) in [6, 6.07) is 25.2. The van der Waals surface area contributed by atoms with Crippen LogP contribution in [0, 0.1) is 6.92 Å². The van der Waals surface area contributed by atoms with Gasteiger partial charge < -0.3 is 5.32 Å². The zero-order valence-corrected chi connectivity index (χ0v) is 18.1. The minimum Gasteiger partial charge on any atom is -0.351 e. The molecular weight excluding hydrogens is 406 g/mol. The number of aryl methyl sites for hydroxylation is 1. The summed E-state index contributed by atoms with van der Waals surface area (Å²) in [6.07, 6.45) is 0. The number of para-hydroxylation sites is 1. The zero-order chi connectivity index (χ0) is 21.6. The first-order chi connectivity index (χ1) is 15.1. The molecule has 3 aromatic carbocycles. The fourth-order valence-electron chi connectivity index (χ4n) is 3.25. The highest BCUT2D eigenvalue weighted by Gasteiger charge is 2.13. The normalized spacial score (nSPS) is 10.9. The largest absolute Gasteiger partial charge is 0.351 e. The summed E-state index contributed by atoms with van der Waals surface area (Å²) in [5.74, 6) is 0.0880. The number of hydrogen-bond acceptors (Lipinski definition) is 4. The van der Waals surface area contributed by atoms with Gasteiger partial charge in [0.1, 0.15) is 0 Å². The van der Waals surface area contributed by atoms with Gasteiger partial charge in [-0.2, -0.15) is 0 Å². The monoisotopic (exact) mass is 429 g/mol. The van der Waals surface area contributed by atoms with Gasteiger partial charge in [0.15, 0.2) is 5.16 Å². The van der Waals surface area contributed by atoms with Crippen LogP contribution in [-0.2, 0) is 17.9 Å². The van der Waals surface area contributed by atoms with E-state index in [4.69, 9.17) is 0 Å². The third-order valence-corrected chi connectivity index (χ3v) is 5.93. The van der Waals surface area contributed by atoms with Gasteiger partial charge in [-0.3, -0.25) is 14.2 Å². The van der Waals surface area contributed by atoms with E-state index >= 15 is 0 Å². The first-order valence-electron chi connectivity index (χ1n) is 10.1. The Morgan fingerprint density at radius 2 is 1.65 bits per heavy atom. The van der Waals surface area contributed by atoms with Crippen molar-refractivity contribution in [2.24, 2.45) is 0 Å². The summed E-state index contributed by atoms with van der Waals surface area (Å²) in [5.41, 5.74) is 3.78. The van der Waals surface area contributed by atoms with Gasteiger partial charge >= 0.3 is 0 Å². The number of fused-ring (bicyclic) bond motifs is 1. The highest BCUT2D eigenvalue weighted by Crippen LogP contribution is 2.19. The third kappa shape index (κ3) is 5.22. The second-order valence-corrected chi connectivity index (χ2v) is 8.28. The van der Waals surface area contributed by atoms with Crippen LogP contribution in [0.2, 0.25) is 0 Å². The molecule has 0 spiro atoms. The molecule has 156 valence electrons. The predicted octanol–water partition coefficient (Wildman–Crippen LogP) is 4.16. The molecule has 1 aromatic heterocycles. The van der Waals surface area contributed by atoms with E-state index in [2.05, 4.69) is 10.3 Å². The quantitative estimate of drug-likeness (QED) is 0.354. The number of thioether (sulfide) groups is 1. The molecule has 31 heavy (non-hydrogen) atoms. The standard InChI is InChI=1S/C25H23N3O2S/c1-18-11-13-19(14-12-18)15-26-23(29)17-31-25-27-22-10-6-5-9-21(22)24(30)28(25)16-20-7-3-2-4-8-20/h2-14H,15-17H2,1H3,(H,26,29). The van der Waals surface area contributed by atoms with Crippen molar-refractivity contribution < 1.29 is 4.79 Å². The number of carbonyl (C=O) groups is 1. The molecule has 0 saturated heterocycles. The second kappa shape index (κ2) is 9.62. The molecule has 4 aromatic rings. The molecule has 6 heteroatoms. The first kappa shape index (κ1) is 20.9. The number of hydrogen-bond donors (Lipinski definition) is 1. The molecule has 0 atom stereocenters. The van der Waals surface area contributed by atoms with Crippen molar-refractivity contribution in [2.75, 3.05) is 5.75 Å². The van der Waals surface area contributed by atoms with Crippen molar-refractivity contribution in [1.29, 1.82) is 0 Å². The summed E-state index contributed by atoms with van der Waals surface area (Å²) in [5, 5.41) is 4.05. The number of amides is 1. The van der Waals surface area contributed by atoms with Crippen LogP contribution in [0.5, 0.6) is 0 Å². The van der Waals surface area contributed by atoms with Crippen LogP contribution in [0.15, 0.2) is 88.8 Å². The molecule has 0 aliphatic rings. The fourth-order valence-corrected chi connectivity index (χ4v) is 4.08. The van der Waals surface area contributed by atoms with Gasteiger partial charge in [-0.1, -0.05) is 84.1 Å². The predicted molar refractivity (Wildman–Crippen MR) is 125 cm³/mol. The number of benzene rings is 3. The van der Waals surface area contributed by atoms with Crippen LogP contribution in [0.1, 0.15) is 16.7 Å². The molecule has 0 radical (unpaired) electrons. The average molecular weight is 430 g/mol. The van der Waals surface area contributed by atoms with Gasteiger partial charge in [0, 0.05) is 6.54 Å². The molecule has 1 amide bonds. The highest BCUT2D eigenvalue weighted by molar-refractivity contribution is 7.99. The summed E-state index contributed by atoms with van der Waals surface area (Å²) in [4.78, 5) is 30.3. The van der Waals surface area contributed by atoms with Crippen LogP contribution in [0.4, 0.5) is 0 Å². The van der Waals surface area contributed by atoms with Crippen LogP contribution >= 0.6 is 11.8 Å². The molecule has 0 fully saturated rings. The lowest BCUT2D eigenvalue weighted by atomic mass is 10.1. The van der Waals surface area contributed by atoms with Crippen LogP contribution in [-0.4, -0.2) is 21.2 Å². The van der Waals surface area contributed by atoms with E-state index in [-0.39, 0.29) is 17.2 Å². The van der Waals surface area contributed by atoms with E-state index in [0.717, 1.165) is 11.1 Å². The Balaban J connectivity index is 1.52. The van der Waals surface area contributed by atoms with Crippen molar-refractivity contribution in [3.63, 3.8) is 0 Å². The van der Waals surface area contributed by atoms with Crippen molar-refractivity contribution in [2.45, 2.75) is 25.2 Å². The van der Waals surface area contributed by atoms with Crippen molar-refractivity contribution in [3.05, 3.63) is 106 Å². The molecule has 4 rings (SSSR count). The van der Waals surface area contributed by atoms with E-state index < -0.39 is 0 Å². The molecule has 5 nitrogen and oxygen atoms in total. The maximum atomic E-state index is 13.1. The number of rotatable bonds is 7. The lowest BCUT2D eigenvalue weighted by molar-refractivity contribution is -0.118. The van der Waals surface area contributed by atoms with Gasteiger partial charge in [0.25, 0.3) is 5.56 Å². The maximum absolute atomic E-state index is 13.1. The van der Waals surface area contributed by atoms with Crippen LogP contribution in [0.3, 0.4) is 0 Å². The molecular formula is C25H23N3O2S. The second-order valence-electron chi connectivity index (χ2n) is 7.34. The molecule has 1 N–H and O–H groups in total. The lowest BCUT2D eigenvalue weighted by Gasteiger charge is -2.13. The molecule has 0 aliphatic carbocycles. The van der Waals surface area contributed by atoms with E-state index in [0.29, 0.717) is 29.1 Å². The molecule has 0 saturated carbocycles.